The van der Waals surface area contributed by atoms with E-state index in [4.69, 9.17) is 4.98 Å². The molecule has 0 aliphatic carbocycles. The zero-order valence-corrected chi connectivity index (χ0v) is 20.7. The van der Waals surface area contributed by atoms with Gasteiger partial charge in [-0.1, -0.05) is 71.9 Å². The van der Waals surface area contributed by atoms with E-state index in [9.17, 15) is 9.59 Å². The molecule has 0 radical (unpaired) electrons. The second-order valence-corrected chi connectivity index (χ2v) is 8.92. The number of fused-ring (bicyclic) bond motifs is 1. The lowest BCUT2D eigenvalue weighted by molar-refractivity contribution is -0.117. The van der Waals surface area contributed by atoms with Crippen molar-refractivity contribution in [3.63, 3.8) is 0 Å². The quantitative estimate of drug-likeness (QED) is 0.255. The number of aryl methyl sites for hydroxylation is 1. The third-order valence-electron chi connectivity index (χ3n) is 5.33. The fourth-order valence-corrected chi connectivity index (χ4v) is 4.37. The van der Waals surface area contributed by atoms with Gasteiger partial charge in [-0.3, -0.25) is 14.7 Å². The van der Waals surface area contributed by atoms with Gasteiger partial charge in [0.05, 0.1) is 17.0 Å². The molecule has 0 bridgehead atoms. The van der Waals surface area contributed by atoms with Crippen LogP contribution in [0.25, 0.3) is 33.5 Å². The Kier molecular flexibility index (Phi) is 7.92. The molecule has 3 amide bonds. The minimum atomic E-state index is -0.569. The topological polar surface area (TPSA) is 102 Å². The van der Waals surface area contributed by atoms with E-state index >= 15 is 0 Å². The molecule has 0 saturated carbocycles. The van der Waals surface area contributed by atoms with Gasteiger partial charge in [0.1, 0.15) is 0 Å². The average molecular weight is 499 g/mol. The van der Waals surface area contributed by atoms with E-state index in [1.54, 1.807) is 6.08 Å². The number of thioether (sulfide) groups is 1. The highest BCUT2D eigenvalue weighted by atomic mass is 32.2. The fraction of sp³-hybridized carbons (Fsp3) is 0.148. The standard InChI is InChI=1S/C27H26N6O2S/c1-4-14-28-26(35)30-24(34)17-36-27-32-31-25(33(27)15-5-2)21-16-23(19-12-10-18(3)11-13-19)29-22-9-7-6-8-20(21)22/h4-13,16H,1-2,14-15,17H2,3H3,(H2,28,30,34,35). The molecule has 4 aromatic rings. The van der Waals surface area contributed by atoms with Crippen LogP contribution in [0, 0.1) is 6.92 Å². The van der Waals surface area contributed by atoms with Crippen LogP contribution in [0.15, 0.2) is 85.1 Å². The van der Waals surface area contributed by atoms with Gasteiger partial charge in [0.2, 0.25) is 5.91 Å². The number of benzene rings is 2. The molecule has 0 fully saturated rings. The SMILES string of the molecule is C=CCNC(=O)NC(=O)CSc1nnc(-c2cc(-c3ccc(C)cc3)nc3ccccc23)n1CC=C. The van der Waals surface area contributed by atoms with Crippen LogP contribution in [0.2, 0.25) is 0 Å². The van der Waals surface area contributed by atoms with Crippen LogP contribution in [-0.4, -0.2) is 44.0 Å². The number of pyridine rings is 1. The minimum absolute atomic E-state index is 0.00248. The summed E-state index contributed by atoms with van der Waals surface area (Å²) in [6.45, 7) is 10.2. The number of amides is 3. The van der Waals surface area contributed by atoms with E-state index in [2.05, 4.69) is 58.3 Å². The number of nitrogens with one attached hydrogen (secondary N) is 2. The Labute approximate surface area is 213 Å². The zero-order valence-electron chi connectivity index (χ0n) is 19.9. The maximum absolute atomic E-state index is 12.2. The van der Waals surface area contributed by atoms with Crippen molar-refractivity contribution in [1.82, 2.24) is 30.4 Å². The van der Waals surface area contributed by atoms with Gasteiger partial charge in [-0.15, -0.1) is 23.4 Å². The predicted molar refractivity (Wildman–Crippen MR) is 144 cm³/mol. The van der Waals surface area contributed by atoms with Gasteiger partial charge in [-0.25, -0.2) is 9.78 Å². The molecule has 0 aliphatic heterocycles. The molecular formula is C27H26N6O2S. The van der Waals surface area contributed by atoms with Crippen LogP contribution in [0.4, 0.5) is 4.79 Å². The van der Waals surface area contributed by atoms with Crippen LogP contribution in [0.1, 0.15) is 5.56 Å². The summed E-state index contributed by atoms with van der Waals surface area (Å²) < 4.78 is 1.91. The van der Waals surface area contributed by atoms with Crippen LogP contribution in [0.5, 0.6) is 0 Å². The van der Waals surface area contributed by atoms with E-state index in [0.717, 1.165) is 27.7 Å². The molecular weight excluding hydrogens is 472 g/mol. The van der Waals surface area contributed by atoms with E-state index < -0.39 is 11.9 Å². The van der Waals surface area contributed by atoms with E-state index in [1.807, 2.05) is 41.8 Å². The molecule has 9 heteroatoms. The lowest BCUT2D eigenvalue weighted by atomic mass is 10.0. The molecule has 2 aromatic carbocycles. The normalized spacial score (nSPS) is 10.7. The summed E-state index contributed by atoms with van der Waals surface area (Å²) in [5.74, 6) is 0.212. The van der Waals surface area contributed by atoms with Gasteiger partial charge in [0, 0.05) is 29.6 Å². The molecule has 2 N–H and O–H groups in total. The van der Waals surface area contributed by atoms with Crippen molar-refractivity contribution >= 4 is 34.6 Å². The Morgan fingerprint density at radius 2 is 1.83 bits per heavy atom. The first kappa shape index (κ1) is 24.9. The second kappa shape index (κ2) is 11.5. The Bertz CT molecular complexity index is 1430. The van der Waals surface area contributed by atoms with Crippen LogP contribution in [0.3, 0.4) is 0 Å². The summed E-state index contributed by atoms with van der Waals surface area (Å²) >= 11 is 1.20. The minimum Gasteiger partial charge on any atom is -0.334 e. The van der Waals surface area contributed by atoms with Gasteiger partial charge < -0.3 is 5.32 Å². The molecule has 2 aromatic heterocycles. The summed E-state index contributed by atoms with van der Waals surface area (Å²) in [6, 6.07) is 17.6. The van der Waals surface area contributed by atoms with E-state index in [0.29, 0.717) is 17.5 Å². The van der Waals surface area contributed by atoms with Gasteiger partial charge >= 0.3 is 6.03 Å². The van der Waals surface area contributed by atoms with Crippen molar-refractivity contribution in [2.45, 2.75) is 18.6 Å². The highest BCUT2D eigenvalue weighted by Gasteiger charge is 2.19. The number of allylic oxidation sites excluding steroid dienone is 1. The Morgan fingerprint density at radius 1 is 1.06 bits per heavy atom. The Morgan fingerprint density at radius 3 is 2.58 bits per heavy atom. The predicted octanol–water partition coefficient (Wildman–Crippen LogP) is 4.76. The zero-order chi connectivity index (χ0) is 25.5. The Hall–Kier alpha value is -4.24. The highest BCUT2D eigenvalue weighted by molar-refractivity contribution is 7.99. The van der Waals surface area contributed by atoms with Crippen LogP contribution >= 0.6 is 11.8 Å². The number of carbonyl (C=O) groups excluding carboxylic acids is 2. The maximum atomic E-state index is 12.2. The number of urea groups is 1. The van der Waals surface area contributed by atoms with Crippen LogP contribution < -0.4 is 10.6 Å². The number of rotatable bonds is 9. The summed E-state index contributed by atoms with van der Waals surface area (Å²) in [5.41, 5.74) is 4.73. The van der Waals surface area contributed by atoms with Crippen molar-refractivity contribution in [2.75, 3.05) is 12.3 Å². The molecule has 4 rings (SSSR count). The summed E-state index contributed by atoms with van der Waals surface area (Å²) in [7, 11) is 0. The number of carbonyl (C=O) groups is 2. The largest absolute Gasteiger partial charge is 0.334 e. The number of imide groups is 1. The maximum Gasteiger partial charge on any atom is 0.321 e. The summed E-state index contributed by atoms with van der Waals surface area (Å²) in [6.07, 6.45) is 3.29. The molecule has 0 unspecified atom stereocenters. The number of para-hydroxylation sites is 1. The molecule has 182 valence electrons. The first-order valence-corrected chi connectivity index (χ1v) is 12.3. The van der Waals surface area contributed by atoms with Crippen molar-refractivity contribution in [1.29, 1.82) is 0 Å². The van der Waals surface area contributed by atoms with Crippen LogP contribution in [-0.2, 0) is 11.3 Å². The Balaban J connectivity index is 1.68. The first-order valence-electron chi connectivity index (χ1n) is 11.3. The number of nitrogens with zero attached hydrogens (tertiary/aromatic N) is 4. The van der Waals surface area contributed by atoms with Crippen molar-refractivity contribution in [3.05, 3.63) is 85.5 Å². The highest BCUT2D eigenvalue weighted by Crippen LogP contribution is 2.33. The van der Waals surface area contributed by atoms with E-state index in [1.165, 1.54) is 23.4 Å². The second-order valence-electron chi connectivity index (χ2n) is 7.98. The third kappa shape index (κ3) is 5.69. The van der Waals surface area contributed by atoms with Crippen molar-refractivity contribution in [3.8, 4) is 22.6 Å². The van der Waals surface area contributed by atoms with Gasteiger partial charge in [-0.05, 0) is 19.1 Å². The van der Waals surface area contributed by atoms with Gasteiger partial charge in [0.15, 0.2) is 11.0 Å². The van der Waals surface area contributed by atoms with Crippen molar-refractivity contribution < 1.29 is 9.59 Å². The summed E-state index contributed by atoms with van der Waals surface area (Å²) in [4.78, 5) is 28.8. The molecule has 0 saturated heterocycles. The van der Waals surface area contributed by atoms with Gasteiger partial charge in [-0.2, -0.15) is 0 Å². The number of hydrogen-bond donors (Lipinski definition) is 2. The molecule has 2 heterocycles. The van der Waals surface area contributed by atoms with E-state index in [-0.39, 0.29) is 12.3 Å². The molecule has 0 spiro atoms. The first-order chi connectivity index (χ1) is 17.5. The molecule has 0 atom stereocenters. The van der Waals surface area contributed by atoms with Crippen molar-refractivity contribution in [2.24, 2.45) is 0 Å². The monoisotopic (exact) mass is 498 g/mol. The summed E-state index contributed by atoms with van der Waals surface area (Å²) in [5, 5.41) is 15.1. The average Bonchev–Trinajstić information content (AvgIpc) is 3.28. The third-order valence-corrected chi connectivity index (χ3v) is 6.29. The smallest absolute Gasteiger partial charge is 0.321 e. The number of aromatic nitrogens is 4. The fourth-order valence-electron chi connectivity index (χ4n) is 3.62. The lowest BCUT2D eigenvalue weighted by Gasteiger charge is -2.12. The molecule has 0 aliphatic rings. The molecule has 36 heavy (non-hydrogen) atoms. The lowest BCUT2D eigenvalue weighted by Crippen LogP contribution is -2.40. The number of hydrogen-bond acceptors (Lipinski definition) is 6. The molecule has 8 nitrogen and oxygen atoms in total. The van der Waals surface area contributed by atoms with Gasteiger partial charge in [0.25, 0.3) is 0 Å².